The van der Waals surface area contributed by atoms with Crippen LogP contribution in [0.5, 0.6) is 0 Å². The molecule has 4 rings (SSSR count). The third-order valence-corrected chi connectivity index (χ3v) is 5.21. The van der Waals surface area contributed by atoms with E-state index in [1.54, 1.807) is 10.9 Å². The number of carbonyl (C=O) groups excluding carboxylic acids is 1. The van der Waals surface area contributed by atoms with Crippen LogP contribution in [0.25, 0.3) is 5.82 Å². The van der Waals surface area contributed by atoms with Crippen molar-refractivity contribution in [3.05, 3.63) is 72.2 Å². The third kappa shape index (κ3) is 3.80. The number of hydrogen-bond acceptors (Lipinski definition) is 3. The molecule has 6 heteroatoms. The van der Waals surface area contributed by atoms with E-state index in [-0.39, 0.29) is 5.91 Å². The monoisotopic (exact) mass is 363 g/mol. The van der Waals surface area contributed by atoms with Crippen LogP contribution in [0.1, 0.15) is 15.9 Å². The van der Waals surface area contributed by atoms with Gasteiger partial charge in [0.2, 0.25) is 0 Å². The van der Waals surface area contributed by atoms with Gasteiger partial charge in [-0.05, 0) is 24.1 Å². The molecule has 0 bridgehead atoms. The molecule has 1 aliphatic heterocycles. The van der Waals surface area contributed by atoms with E-state index in [9.17, 15) is 4.79 Å². The average Bonchev–Trinajstić information content (AvgIpc) is 3.36. The van der Waals surface area contributed by atoms with Crippen molar-refractivity contribution >= 4 is 5.91 Å². The Morgan fingerprint density at radius 1 is 1.00 bits per heavy atom. The summed E-state index contributed by atoms with van der Waals surface area (Å²) in [4.78, 5) is 17.4. The molecule has 140 valence electrons. The summed E-state index contributed by atoms with van der Waals surface area (Å²) >= 11 is 0. The van der Waals surface area contributed by atoms with E-state index in [2.05, 4.69) is 34.3 Å². The molecule has 27 heavy (non-hydrogen) atoms. The molecule has 0 unspecified atom stereocenters. The van der Waals surface area contributed by atoms with Gasteiger partial charge in [0, 0.05) is 52.2 Å². The highest BCUT2D eigenvalue weighted by molar-refractivity contribution is 5.97. The molecule has 0 radical (unpaired) electrons. The van der Waals surface area contributed by atoms with Crippen LogP contribution in [0.15, 0.2) is 61.1 Å². The maximum atomic E-state index is 13.1. The Morgan fingerprint density at radius 3 is 2.41 bits per heavy atom. The van der Waals surface area contributed by atoms with Crippen molar-refractivity contribution in [1.29, 1.82) is 0 Å². The molecular formula is C21H25N5O. The van der Waals surface area contributed by atoms with E-state index in [1.807, 2.05) is 47.1 Å². The highest BCUT2D eigenvalue weighted by Crippen LogP contribution is 2.17. The highest BCUT2D eigenvalue weighted by atomic mass is 16.2. The topological polar surface area (TPSA) is 46.3 Å². The molecule has 0 spiro atoms. The van der Waals surface area contributed by atoms with Crippen LogP contribution in [0.4, 0.5) is 0 Å². The molecule has 3 aromatic rings. The first-order valence-electron chi connectivity index (χ1n) is 9.43. The van der Waals surface area contributed by atoms with Gasteiger partial charge in [-0.15, -0.1) is 0 Å². The second kappa shape index (κ2) is 7.80. The molecule has 1 aromatic carbocycles. The van der Waals surface area contributed by atoms with E-state index in [1.165, 1.54) is 5.56 Å². The van der Waals surface area contributed by atoms with Gasteiger partial charge < -0.3 is 9.47 Å². The summed E-state index contributed by atoms with van der Waals surface area (Å²) < 4.78 is 3.69. The quantitative estimate of drug-likeness (QED) is 0.698. The molecule has 0 atom stereocenters. The molecule has 1 saturated heterocycles. The zero-order chi connectivity index (χ0) is 18.6. The van der Waals surface area contributed by atoms with Crippen molar-refractivity contribution in [3.8, 4) is 5.82 Å². The van der Waals surface area contributed by atoms with Crippen LogP contribution in [0.3, 0.4) is 0 Å². The standard InChI is InChI=1S/C21H25N5O/c1-23-20(25-10-5-6-11-25)19(17-22-23)21(27)26-15-13-24(14-16-26)12-9-18-7-3-2-4-8-18/h2-8,10-11,17H,9,12-16H2,1H3. The van der Waals surface area contributed by atoms with Crippen molar-refractivity contribution in [1.82, 2.24) is 24.1 Å². The molecule has 3 heterocycles. The van der Waals surface area contributed by atoms with Crippen LogP contribution < -0.4 is 0 Å². The lowest BCUT2D eigenvalue weighted by Gasteiger charge is -2.34. The maximum Gasteiger partial charge on any atom is 0.259 e. The first-order valence-corrected chi connectivity index (χ1v) is 9.43. The summed E-state index contributed by atoms with van der Waals surface area (Å²) in [5.41, 5.74) is 2.02. The second-order valence-electron chi connectivity index (χ2n) is 6.97. The lowest BCUT2D eigenvalue weighted by molar-refractivity contribution is 0.0638. The van der Waals surface area contributed by atoms with E-state index in [0.717, 1.165) is 45.0 Å². The Labute approximate surface area is 159 Å². The van der Waals surface area contributed by atoms with Gasteiger partial charge in [-0.25, -0.2) is 0 Å². The predicted molar refractivity (Wildman–Crippen MR) is 105 cm³/mol. The summed E-state index contributed by atoms with van der Waals surface area (Å²) in [6.45, 7) is 4.38. The number of hydrogen-bond donors (Lipinski definition) is 0. The van der Waals surface area contributed by atoms with E-state index in [4.69, 9.17) is 0 Å². The van der Waals surface area contributed by atoms with Crippen LogP contribution in [-0.4, -0.2) is 62.8 Å². The zero-order valence-electron chi connectivity index (χ0n) is 15.7. The van der Waals surface area contributed by atoms with Gasteiger partial charge in [-0.2, -0.15) is 5.10 Å². The van der Waals surface area contributed by atoms with Crippen LogP contribution >= 0.6 is 0 Å². The molecule has 1 fully saturated rings. The molecule has 6 nitrogen and oxygen atoms in total. The highest BCUT2D eigenvalue weighted by Gasteiger charge is 2.26. The summed E-state index contributed by atoms with van der Waals surface area (Å²) in [7, 11) is 1.87. The lowest BCUT2D eigenvalue weighted by atomic mass is 10.1. The summed E-state index contributed by atoms with van der Waals surface area (Å²) in [5, 5.41) is 4.30. The van der Waals surface area contributed by atoms with Crippen molar-refractivity contribution < 1.29 is 4.79 Å². The number of benzene rings is 1. The molecule has 0 saturated carbocycles. The average molecular weight is 363 g/mol. The molecule has 0 N–H and O–H groups in total. The van der Waals surface area contributed by atoms with Crippen molar-refractivity contribution in [2.45, 2.75) is 6.42 Å². The minimum Gasteiger partial charge on any atom is -0.336 e. The predicted octanol–water partition coefficient (Wildman–Crippen LogP) is 2.21. The van der Waals surface area contributed by atoms with Crippen molar-refractivity contribution in [2.75, 3.05) is 32.7 Å². The molecule has 1 aliphatic rings. The van der Waals surface area contributed by atoms with Gasteiger partial charge in [0.05, 0.1) is 6.20 Å². The number of aryl methyl sites for hydroxylation is 1. The first-order chi connectivity index (χ1) is 13.2. The molecular weight excluding hydrogens is 338 g/mol. The summed E-state index contributed by atoms with van der Waals surface area (Å²) in [6, 6.07) is 14.5. The SMILES string of the molecule is Cn1ncc(C(=O)N2CCN(CCc3ccccc3)CC2)c1-n1cccc1. The Hall–Kier alpha value is -2.86. The fourth-order valence-corrected chi connectivity index (χ4v) is 3.64. The minimum absolute atomic E-state index is 0.0644. The van der Waals surface area contributed by atoms with Gasteiger partial charge in [-0.3, -0.25) is 14.4 Å². The normalized spacial score (nSPS) is 15.2. The van der Waals surface area contributed by atoms with Gasteiger partial charge in [0.25, 0.3) is 5.91 Å². The largest absolute Gasteiger partial charge is 0.336 e. The Balaban J connectivity index is 1.37. The number of nitrogens with zero attached hydrogens (tertiary/aromatic N) is 5. The Kier molecular flexibility index (Phi) is 5.07. The molecule has 0 aliphatic carbocycles. The van der Waals surface area contributed by atoms with Crippen LogP contribution in [-0.2, 0) is 13.5 Å². The van der Waals surface area contributed by atoms with Gasteiger partial charge in [0.15, 0.2) is 0 Å². The van der Waals surface area contributed by atoms with Gasteiger partial charge in [0.1, 0.15) is 11.4 Å². The van der Waals surface area contributed by atoms with Crippen molar-refractivity contribution in [2.24, 2.45) is 7.05 Å². The smallest absolute Gasteiger partial charge is 0.259 e. The third-order valence-electron chi connectivity index (χ3n) is 5.21. The number of carbonyl (C=O) groups is 1. The first kappa shape index (κ1) is 17.5. The fourth-order valence-electron chi connectivity index (χ4n) is 3.64. The summed E-state index contributed by atoms with van der Waals surface area (Å²) in [5.74, 6) is 0.881. The molecule has 1 amide bonds. The molecule has 2 aromatic heterocycles. The number of aromatic nitrogens is 3. The number of amides is 1. The Morgan fingerprint density at radius 2 is 1.70 bits per heavy atom. The van der Waals surface area contributed by atoms with Crippen molar-refractivity contribution in [3.63, 3.8) is 0 Å². The number of rotatable bonds is 5. The summed E-state index contributed by atoms with van der Waals surface area (Å²) in [6.07, 6.45) is 6.61. The maximum absolute atomic E-state index is 13.1. The Bertz CT molecular complexity index is 877. The lowest BCUT2D eigenvalue weighted by Crippen LogP contribution is -2.49. The van der Waals surface area contributed by atoms with Crippen LogP contribution in [0.2, 0.25) is 0 Å². The van der Waals surface area contributed by atoms with Crippen LogP contribution in [0, 0.1) is 0 Å². The number of piperazine rings is 1. The fraction of sp³-hybridized carbons (Fsp3) is 0.333. The van der Waals surface area contributed by atoms with Gasteiger partial charge in [-0.1, -0.05) is 30.3 Å². The minimum atomic E-state index is 0.0644. The van der Waals surface area contributed by atoms with E-state index >= 15 is 0 Å². The van der Waals surface area contributed by atoms with E-state index in [0.29, 0.717) is 5.56 Å². The van der Waals surface area contributed by atoms with Gasteiger partial charge >= 0.3 is 0 Å². The van der Waals surface area contributed by atoms with E-state index < -0.39 is 0 Å². The zero-order valence-corrected chi connectivity index (χ0v) is 15.7. The second-order valence-corrected chi connectivity index (χ2v) is 6.97.